The van der Waals surface area contributed by atoms with Gasteiger partial charge >= 0.3 is 0 Å². The van der Waals surface area contributed by atoms with Gasteiger partial charge in [-0.05, 0) is 56.9 Å². The fourth-order valence-electron chi connectivity index (χ4n) is 2.87. The second-order valence-corrected chi connectivity index (χ2v) is 6.95. The van der Waals surface area contributed by atoms with Crippen LogP contribution in [-0.2, 0) is 4.74 Å². The van der Waals surface area contributed by atoms with Gasteiger partial charge in [-0.3, -0.25) is 4.98 Å². The molecule has 28 heavy (non-hydrogen) atoms. The Kier molecular flexibility index (Phi) is 9.08. The van der Waals surface area contributed by atoms with Crippen LogP contribution in [-0.4, -0.2) is 22.8 Å². The highest BCUT2D eigenvalue weighted by Crippen LogP contribution is 2.28. The molecule has 0 bridgehead atoms. The Morgan fingerprint density at radius 3 is 2.64 bits per heavy atom. The maximum atomic E-state index is 13.9. The fraction of sp³-hybridized carbons (Fsp3) is 0.435. The first-order chi connectivity index (χ1) is 13.5. The number of pyridine rings is 1. The minimum absolute atomic E-state index is 0.0752. The molecule has 0 aliphatic carbocycles. The summed E-state index contributed by atoms with van der Waals surface area (Å²) in [4.78, 5) is 4.28. The molecule has 152 valence electrons. The van der Waals surface area contributed by atoms with Gasteiger partial charge in [0.1, 0.15) is 0 Å². The molecular weight excluding hydrogens is 360 g/mol. The van der Waals surface area contributed by atoms with Gasteiger partial charge in [-0.2, -0.15) is 4.39 Å². The zero-order valence-corrected chi connectivity index (χ0v) is 16.6. The van der Waals surface area contributed by atoms with E-state index in [1.54, 1.807) is 12.1 Å². The van der Waals surface area contributed by atoms with Crippen LogP contribution in [0.2, 0.25) is 0 Å². The van der Waals surface area contributed by atoms with Gasteiger partial charge in [0.15, 0.2) is 11.6 Å². The first-order valence-corrected chi connectivity index (χ1v) is 9.94. The molecule has 5 heteroatoms. The molecule has 0 aliphatic heterocycles. The third-order valence-electron chi connectivity index (χ3n) is 4.58. The lowest BCUT2D eigenvalue weighted by atomic mass is 10.1. The molecule has 0 saturated heterocycles. The van der Waals surface area contributed by atoms with Gasteiger partial charge in [-0.1, -0.05) is 31.9 Å². The number of aromatic hydroxyl groups is 1. The SMILES string of the molecule is CCCCCOC(C)CCCC=Cc1ccc(-c2ccc(O)c(F)c2F)cn1. The first kappa shape index (κ1) is 22.0. The van der Waals surface area contributed by atoms with E-state index in [2.05, 4.69) is 24.9 Å². The molecule has 1 atom stereocenters. The molecule has 0 radical (unpaired) electrons. The van der Waals surface area contributed by atoms with Gasteiger partial charge in [-0.25, -0.2) is 4.39 Å². The van der Waals surface area contributed by atoms with E-state index in [-0.39, 0.29) is 11.7 Å². The third-order valence-corrected chi connectivity index (χ3v) is 4.58. The van der Waals surface area contributed by atoms with Crippen molar-refractivity contribution in [2.75, 3.05) is 6.61 Å². The summed E-state index contributed by atoms with van der Waals surface area (Å²) in [6.45, 7) is 5.14. The molecule has 1 aromatic carbocycles. The van der Waals surface area contributed by atoms with Crippen LogP contribution in [0.3, 0.4) is 0 Å². The van der Waals surface area contributed by atoms with Gasteiger partial charge in [0, 0.05) is 23.9 Å². The predicted molar refractivity (Wildman–Crippen MR) is 109 cm³/mol. The quantitative estimate of drug-likeness (QED) is 0.445. The molecule has 2 rings (SSSR count). The largest absolute Gasteiger partial charge is 0.505 e. The van der Waals surface area contributed by atoms with Gasteiger partial charge in [0.05, 0.1) is 11.8 Å². The zero-order chi connectivity index (χ0) is 20.4. The van der Waals surface area contributed by atoms with Crippen molar-refractivity contribution in [2.24, 2.45) is 0 Å². The molecule has 1 N–H and O–H groups in total. The number of hydrogen-bond acceptors (Lipinski definition) is 3. The highest BCUT2D eigenvalue weighted by Gasteiger charge is 2.14. The number of allylic oxidation sites excluding steroid dienone is 1. The minimum atomic E-state index is -1.25. The highest BCUT2D eigenvalue weighted by molar-refractivity contribution is 5.65. The van der Waals surface area contributed by atoms with E-state index in [1.165, 1.54) is 25.1 Å². The number of phenols is 1. The molecule has 0 spiro atoms. The molecule has 1 unspecified atom stereocenters. The lowest BCUT2D eigenvalue weighted by Crippen LogP contribution is -2.08. The molecule has 0 saturated carbocycles. The molecule has 0 amide bonds. The maximum absolute atomic E-state index is 13.9. The van der Waals surface area contributed by atoms with Gasteiger partial charge in [0.2, 0.25) is 5.82 Å². The number of unbranched alkanes of at least 4 members (excludes halogenated alkanes) is 3. The highest BCUT2D eigenvalue weighted by atomic mass is 19.2. The fourth-order valence-corrected chi connectivity index (χ4v) is 2.87. The number of aromatic nitrogens is 1. The van der Waals surface area contributed by atoms with Gasteiger partial charge < -0.3 is 9.84 Å². The van der Waals surface area contributed by atoms with E-state index >= 15 is 0 Å². The average Bonchev–Trinajstić information content (AvgIpc) is 2.70. The van der Waals surface area contributed by atoms with Crippen molar-refractivity contribution >= 4 is 6.08 Å². The minimum Gasteiger partial charge on any atom is -0.505 e. The van der Waals surface area contributed by atoms with E-state index in [4.69, 9.17) is 4.74 Å². The van der Waals surface area contributed by atoms with E-state index in [9.17, 15) is 13.9 Å². The normalized spacial score (nSPS) is 12.6. The van der Waals surface area contributed by atoms with Crippen LogP contribution in [0.15, 0.2) is 36.5 Å². The van der Waals surface area contributed by atoms with E-state index in [1.807, 2.05) is 6.08 Å². The third kappa shape index (κ3) is 6.71. The second-order valence-electron chi connectivity index (χ2n) is 6.95. The van der Waals surface area contributed by atoms with Gasteiger partial charge in [-0.15, -0.1) is 0 Å². The number of halogens is 2. The zero-order valence-electron chi connectivity index (χ0n) is 16.6. The van der Waals surface area contributed by atoms with E-state index in [0.29, 0.717) is 5.56 Å². The van der Waals surface area contributed by atoms with Gasteiger partial charge in [0.25, 0.3) is 0 Å². The average molecular weight is 389 g/mol. The van der Waals surface area contributed by atoms with Crippen LogP contribution in [0.1, 0.15) is 58.1 Å². The summed E-state index contributed by atoms with van der Waals surface area (Å²) in [5, 5.41) is 9.21. The monoisotopic (exact) mass is 389 g/mol. The molecule has 1 aromatic heterocycles. The number of ether oxygens (including phenoxy) is 1. The number of benzene rings is 1. The summed E-state index contributed by atoms with van der Waals surface area (Å²) in [7, 11) is 0. The van der Waals surface area contributed by atoms with Crippen molar-refractivity contribution in [3.05, 3.63) is 53.9 Å². The summed E-state index contributed by atoms with van der Waals surface area (Å²) >= 11 is 0. The van der Waals surface area contributed by atoms with Crippen molar-refractivity contribution < 1.29 is 18.6 Å². The number of nitrogens with zero attached hydrogens (tertiary/aromatic N) is 1. The Hall–Kier alpha value is -2.27. The molecule has 1 heterocycles. The molecule has 0 fully saturated rings. The topological polar surface area (TPSA) is 42.4 Å². The van der Waals surface area contributed by atoms with Crippen molar-refractivity contribution in [1.82, 2.24) is 4.98 Å². The summed E-state index contributed by atoms with van der Waals surface area (Å²) < 4.78 is 33.2. The van der Waals surface area contributed by atoms with Crippen molar-refractivity contribution in [3.8, 4) is 16.9 Å². The van der Waals surface area contributed by atoms with Crippen molar-refractivity contribution in [2.45, 2.75) is 58.5 Å². The number of rotatable bonds is 11. The number of hydrogen-bond donors (Lipinski definition) is 1. The van der Waals surface area contributed by atoms with Crippen LogP contribution >= 0.6 is 0 Å². The summed E-state index contributed by atoms with van der Waals surface area (Å²) in [5.41, 5.74) is 1.29. The smallest absolute Gasteiger partial charge is 0.200 e. The standard InChI is InChI=1S/C23H29F2NO2/c1-3-4-8-15-28-17(2)9-6-5-7-10-19-12-11-18(16-26-19)20-13-14-21(27)23(25)22(20)24/h7,10-14,16-17,27H,3-6,8-9,15H2,1-2H3. The lowest BCUT2D eigenvalue weighted by Gasteiger charge is -2.11. The Bertz CT molecular complexity index is 760. The van der Waals surface area contributed by atoms with Crippen LogP contribution in [0.5, 0.6) is 5.75 Å². The van der Waals surface area contributed by atoms with Crippen LogP contribution in [0.4, 0.5) is 8.78 Å². The maximum Gasteiger partial charge on any atom is 0.200 e. The van der Waals surface area contributed by atoms with Crippen molar-refractivity contribution in [3.63, 3.8) is 0 Å². The lowest BCUT2D eigenvalue weighted by molar-refractivity contribution is 0.0566. The number of phenolic OH excluding ortho intramolecular Hbond substituents is 1. The summed E-state index contributed by atoms with van der Waals surface area (Å²) in [6, 6.07) is 5.92. The molecule has 2 aromatic rings. The summed E-state index contributed by atoms with van der Waals surface area (Å²) in [6.07, 6.45) is 12.3. The first-order valence-electron chi connectivity index (χ1n) is 9.94. The van der Waals surface area contributed by atoms with E-state index < -0.39 is 17.4 Å². The molecular formula is C23H29F2NO2. The van der Waals surface area contributed by atoms with Crippen LogP contribution < -0.4 is 0 Å². The Morgan fingerprint density at radius 1 is 1.11 bits per heavy atom. The molecule has 3 nitrogen and oxygen atoms in total. The Morgan fingerprint density at radius 2 is 1.93 bits per heavy atom. The molecule has 0 aliphatic rings. The van der Waals surface area contributed by atoms with Crippen LogP contribution in [0, 0.1) is 11.6 Å². The Balaban J connectivity index is 1.79. The van der Waals surface area contributed by atoms with Crippen LogP contribution in [0.25, 0.3) is 17.2 Å². The Labute approximate surface area is 166 Å². The predicted octanol–water partition coefficient (Wildman–Crippen LogP) is 6.51. The van der Waals surface area contributed by atoms with Crippen molar-refractivity contribution in [1.29, 1.82) is 0 Å². The second kappa shape index (κ2) is 11.5. The summed E-state index contributed by atoms with van der Waals surface area (Å²) in [5.74, 6) is -3.02. The van der Waals surface area contributed by atoms with E-state index in [0.717, 1.165) is 44.1 Å².